The summed E-state index contributed by atoms with van der Waals surface area (Å²) in [5, 5.41) is 0. The predicted molar refractivity (Wildman–Crippen MR) is 77.5 cm³/mol. The van der Waals surface area contributed by atoms with Gasteiger partial charge in [-0.25, -0.2) is 0 Å². The Morgan fingerprint density at radius 2 is 1.86 bits per heavy atom. The molecule has 0 bridgehead atoms. The first-order chi connectivity index (χ1) is 10.0. The van der Waals surface area contributed by atoms with Crippen molar-refractivity contribution in [2.24, 2.45) is 0 Å². The Hall–Kier alpha value is -2.52. The molecule has 0 aromatic heterocycles. The van der Waals surface area contributed by atoms with Crippen LogP contribution in [0.25, 0.3) is 0 Å². The van der Waals surface area contributed by atoms with Crippen LogP contribution in [0.1, 0.15) is 12.5 Å². The fraction of sp³-hybridized carbons (Fsp3) is 0.312. The van der Waals surface area contributed by atoms with Gasteiger partial charge in [0, 0.05) is 18.9 Å². The highest BCUT2D eigenvalue weighted by Crippen LogP contribution is 2.28. The van der Waals surface area contributed by atoms with Gasteiger partial charge in [0.25, 0.3) is 0 Å². The maximum absolute atomic E-state index is 11.9. The molecule has 1 aromatic carbocycles. The van der Waals surface area contributed by atoms with Crippen molar-refractivity contribution < 1.29 is 23.8 Å². The molecule has 0 aliphatic rings. The van der Waals surface area contributed by atoms with E-state index < -0.39 is 5.97 Å². The molecule has 0 fully saturated rings. The van der Waals surface area contributed by atoms with Gasteiger partial charge in [-0.05, 0) is 17.7 Å². The smallest absolute Gasteiger partial charge is 0.303 e. The van der Waals surface area contributed by atoms with Gasteiger partial charge in [0.15, 0.2) is 18.1 Å². The number of rotatable bonds is 7. The van der Waals surface area contributed by atoms with Crippen LogP contribution in [0.2, 0.25) is 0 Å². The Kier molecular flexibility index (Phi) is 6.24. The number of carbonyl (C=O) groups is 2. The lowest BCUT2D eigenvalue weighted by Crippen LogP contribution is -2.14. The standard InChI is InChI=1S/C16H18O5/c1-5-13(14(18)10-21-11(2)17)8-12-6-7-15(19-3)16(9-12)20-4/h6-7,9H,1,8,10H2,2-4H3. The van der Waals surface area contributed by atoms with Gasteiger partial charge in [0.2, 0.25) is 5.78 Å². The Labute approximate surface area is 123 Å². The lowest BCUT2D eigenvalue weighted by molar-refractivity contribution is -0.144. The lowest BCUT2D eigenvalue weighted by atomic mass is 10.0. The monoisotopic (exact) mass is 290 g/mol. The van der Waals surface area contributed by atoms with E-state index in [1.165, 1.54) is 14.0 Å². The fourth-order valence-electron chi connectivity index (χ4n) is 1.71. The van der Waals surface area contributed by atoms with Crippen molar-refractivity contribution in [3.63, 3.8) is 0 Å². The quantitative estimate of drug-likeness (QED) is 0.437. The van der Waals surface area contributed by atoms with E-state index in [4.69, 9.17) is 9.47 Å². The van der Waals surface area contributed by atoms with Crippen LogP contribution in [-0.2, 0) is 20.7 Å². The number of Topliss-reactive ketones (excluding diaryl/α,β-unsaturated/α-hetero) is 1. The SMILES string of the molecule is C=C=C(Cc1ccc(OC)c(OC)c1)C(=O)COC(C)=O. The van der Waals surface area contributed by atoms with Crippen LogP contribution in [0, 0.1) is 0 Å². The number of benzene rings is 1. The van der Waals surface area contributed by atoms with Crippen LogP contribution in [0.3, 0.4) is 0 Å². The van der Waals surface area contributed by atoms with Crippen molar-refractivity contribution in [2.45, 2.75) is 13.3 Å². The Balaban J connectivity index is 2.85. The molecule has 0 N–H and O–H groups in total. The molecule has 0 saturated carbocycles. The molecule has 5 heteroatoms. The average Bonchev–Trinajstić information content (AvgIpc) is 2.49. The van der Waals surface area contributed by atoms with Crippen molar-refractivity contribution in [1.29, 1.82) is 0 Å². The summed E-state index contributed by atoms with van der Waals surface area (Å²) in [6.45, 7) is 4.45. The van der Waals surface area contributed by atoms with Gasteiger partial charge in [-0.15, -0.1) is 5.73 Å². The second-order valence-electron chi connectivity index (χ2n) is 4.22. The maximum atomic E-state index is 11.9. The average molecular weight is 290 g/mol. The van der Waals surface area contributed by atoms with E-state index in [0.29, 0.717) is 23.5 Å². The molecule has 0 unspecified atom stereocenters. The van der Waals surface area contributed by atoms with E-state index >= 15 is 0 Å². The second kappa shape index (κ2) is 7.92. The van der Waals surface area contributed by atoms with Crippen LogP contribution < -0.4 is 9.47 Å². The number of hydrogen-bond donors (Lipinski definition) is 0. The molecular formula is C16H18O5. The van der Waals surface area contributed by atoms with Crippen molar-refractivity contribution in [3.8, 4) is 11.5 Å². The van der Waals surface area contributed by atoms with Gasteiger partial charge < -0.3 is 14.2 Å². The van der Waals surface area contributed by atoms with Gasteiger partial charge in [0.1, 0.15) is 0 Å². The molecule has 0 saturated heterocycles. The van der Waals surface area contributed by atoms with E-state index in [2.05, 4.69) is 17.0 Å². The normalized spacial score (nSPS) is 9.48. The molecule has 112 valence electrons. The second-order valence-corrected chi connectivity index (χ2v) is 4.22. The summed E-state index contributed by atoms with van der Waals surface area (Å²) < 4.78 is 15.0. The van der Waals surface area contributed by atoms with Crippen LogP contribution in [0.4, 0.5) is 0 Å². The summed E-state index contributed by atoms with van der Waals surface area (Å²) >= 11 is 0. The minimum absolute atomic E-state index is 0.305. The highest BCUT2D eigenvalue weighted by Gasteiger charge is 2.13. The summed E-state index contributed by atoms with van der Waals surface area (Å²) in [6, 6.07) is 5.35. The Bertz CT molecular complexity index is 582. The molecule has 1 aromatic rings. The molecule has 0 aliphatic carbocycles. The molecule has 0 aliphatic heterocycles. The number of ketones is 1. The minimum Gasteiger partial charge on any atom is -0.493 e. The zero-order valence-electron chi connectivity index (χ0n) is 12.4. The number of ether oxygens (including phenoxy) is 3. The summed E-state index contributed by atoms with van der Waals surface area (Å²) in [5.74, 6) is 0.357. The molecule has 0 amide bonds. The van der Waals surface area contributed by atoms with Crippen molar-refractivity contribution >= 4 is 11.8 Å². The first kappa shape index (κ1) is 16.5. The van der Waals surface area contributed by atoms with Crippen LogP contribution >= 0.6 is 0 Å². The van der Waals surface area contributed by atoms with E-state index in [0.717, 1.165) is 5.56 Å². The first-order valence-electron chi connectivity index (χ1n) is 6.28. The Morgan fingerprint density at radius 1 is 1.19 bits per heavy atom. The van der Waals surface area contributed by atoms with Crippen molar-refractivity contribution in [1.82, 2.24) is 0 Å². The number of hydrogen-bond acceptors (Lipinski definition) is 5. The van der Waals surface area contributed by atoms with Gasteiger partial charge in [-0.3, -0.25) is 9.59 Å². The van der Waals surface area contributed by atoms with E-state index in [1.54, 1.807) is 19.2 Å². The molecule has 1 rings (SSSR count). The summed E-state index contributed by atoms with van der Waals surface area (Å²) in [4.78, 5) is 22.6. The van der Waals surface area contributed by atoms with Gasteiger partial charge in [-0.1, -0.05) is 12.6 Å². The number of carbonyl (C=O) groups excluding carboxylic acids is 2. The first-order valence-corrected chi connectivity index (χ1v) is 6.28. The summed E-state index contributed by atoms with van der Waals surface area (Å²) in [5.41, 5.74) is 3.79. The third kappa shape index (κ3) is 4.82. The maximum Gasteiger partial charge on any atom is 0.303 e. The van der Waals surface area contributed by atoms with Crippen LogP contribution in [0.5, 0.6) is 11.5 Å². The fourth-order valence-corrected chi connectivity index (χ4v) is 1.71. The third-order valence-electron chi connectivity index (χ3n) is 2.79. The van der Waals surface area contributed by atoms with Gasteiger partial charge >= 0.3 is 5.97 Å². The molecule has 0 atom stereocenters. The molecule has 0 radical (unpaired) electrons. The van der Waals surface area contributed by atoms with Gasteiger partial charge in [-0.2, -0.15) is 0 Å². The molecule has 0 heterocycles. The topological polar surface area (TPSA) is 61.8 Å². The van der Waals surface area contributed by atoms with Crippen molar-refractivity contribution in [2.75, 3.05) is 20.8 Å². The van der Waals surface area contributed by atoms with Crippen molar-refractivity contribution in [3.05, 3.63) is 41.6 Å². The Morgan fingerprint density at radius 3 is 2.38 bits per heavy atom. The van der Waals surface area contributed by atoms with Gasteiger partial charge in [0.05, 0.1) is 14.2 Å². The molecule has 0 spiro atoms. The lowest BCUT2D eigenvalue weighted by Gasteiger charge is -2.10. The van der Waals surface area contributed by atoms with E-state index in [1.807, 2.05) is 6.07 Å². The van der Waals surface area contributed by atoms with Crippen LogP contribution in [0.15, 0.2) is 36.1 Å². The zero-order chi connectivity index (χ0) is 15.8. The molecular weight excluding hydrogens is 272 g/mol. The highest BCUT2D eigenvalue weighted by atomic mass is 16.5. The summed E-state index contributed by atoms with van der Waals surface area (Å²) in [6.07, 6.45) is 0.323. The van der Waals surface area contributed by atoms with Crippen LogP contribution in [-0.4, -0.2) is 32.6 Å². The number of esters is 1. The predicted octanol–water partition coefficient (Wildman–Crippen LogP) is 2.09. The van der Waals surface area contributed by atoms with E-state index in [-0.39, 0.29) is 12.4 Å². The highest BCUT2D eigenvalue weighted by molar-refractivity contribution is 5.97. The third-order valence-corrected chi connectivity index (χ3v) is 2.79. The zero-order valence-corrected chi connectivity index (χ0v) is 12.4. The largest absolute Gasteiger partial charge is 0.493 e. The summed E-state index contributed by atoms with van der Waals surface area (Å²) in [7, 11) is 3.09. The van der Waals surface area contributed by atoms with E-state index in [9.17, 15) is 9.59 Å². The molecule has 21 heavy (non-hydrogen) atoms. The molecule has 5 nitrogen and oxygen atoms in total. The minimum atomic E-state index is -0.502. The number of methoxy groups -OCH3 is 2.